The molecule has 1 saturated heterocycles. The Morgan fingerprint density at radius 3 is 2.58 bits per heavy atom. The second-order valence-corrected chi connectivity index (χ2v) is 6.69. The van der Waals surface area contributed by atoms with E-state index in [1.165, 1.54) is 5.56 Å². The van der Waals surface area contributed by atoms with E-state index >= 15 is 0 Å². The average Bonchev–Trinajstić information content (AvgIpc) is 3.18. The third kappa shape index (κ3) is 3.43. The fourth-order valence-corrected chi connectivity index (χ4v) is 3.55. The van der Waals surface area contributed by atoms with Crippen molar-refractivity contribution in [3.63, 3.8) is 0 Å². The van der Waals surface area contributed by atoms with Gasteiger partial charge in [-0.15, -0.1) is 0 Å². The molecule has 2 aromatic rings. The SMILES string of the molecule is O=C(CC(=O)N1CCC(c2ccccc2)C1)c1ccc2c(c1)OCCO2. The first-order valence-corrected chi connectivity index (χ1v) is 8.96. The maximum atomic E-state index is 12.5. The van der Waals surface area contributed by atoms with Crippen molar-refractivity contribution in [2.24, 2.45) is 0 Å². The van der Waals surface area contributed by atoms with Crippen molar-refractivity contribution in [1.82, 2.24) is 4.90 Å². The highest BCUT2D eigenvalue weighted by molar-refractivity contribution is 6.07. The average molecular weight is 351 g/mol. The van der Waals surface area contributed by atoms with Crippen molar-refractivity contribution < 1.29 is 19.1 Å². The van der Waals surface area contributed by atoms with Crippen molar-refractivity contribution in [2.45, 2.75) is 18.8 Å². The molecule has 2 aliphatic rings. The van der Waals surface area contributed by atoms with Gasteiger partial charge < -0.3 is 14.4 Å². The zero-order valence-electron chi connectivity index (χ0n) is 14.5. The molecule has 0 aliphatic carbocycles. The monoisotopic (exact) mass is 351 g/mol. The number of carbonyl (C=O) groups is 2. The third-order valence-electron chi connectivity index (χ3n) is 4.99. The second-order valence-electron chi connectivity index (χ2n) is 6.69. The lowest BCUT2D eigenvalue weighted by Crippen LogP contribution is -2.30. The molecule has 0 radical (unpaired) electrons. The molecular weight excluding hydrogens is 330 g/mol. The Kier molecular flexibility index (Phi) is 4.61. The number of nitrogens with zero attached hydrogens (tertiary/aromatic N) is 1. The number of ether oxygens (including phenoxy) is 2. The van der Waals surface area contributed by atoms with E-state index in [1.807, 2.05) is 18.2 Å². The van der Waals surface area contributed by atoms with Crippen molar-refractivity contribution in [2.75, 3.05) is 26.3 Å². The van der Waals surface area contributed by atoms with Crippen LogP contribution in [0, 0.1) is 0 Å². The molecule has 0 aromatic heterocycles. The molecule has 4 rings (SSSR count). The zero-order chi connectivity index (χ0) is 17.9. The lowest BCUT2D eigenvalue weighted by atomic mass is 9.99. The number of ketones is 1. The summed E-state index contributed by atoms with van der Waals surface area (Å²) in [6.45, 7) is 2.36. The molecule has 1 unspecified atom stereocenters. The maximum absolute atomic E-state index is 12.5. The van der Waals surface area contributed by atoms with E-state index in [0.717, 1.165) is 6.42 Å². The second kappa shape index (κ2) is 7.20. The highest BCUT2D eigenvalue weighted by Gasteiger charge is 2.28. The summed E-state index contributed by atoms with van der Waals surface area (Å²) in [4.78, 5) is 26.8. The zero-order valence-corrected chi connectivity index (χ0v) is 14.5. The van der Waals surface area contributed by atoms with Gasteiger partial charge >= 0.3 is 0 Å². The number of Topliss-reactive ketones (excluding diaryl/α,β-unsaturated/α-hetero) is 1. The predicted molar refractivity (Wildman–Crippen MR) is 96.8 cm³/mol. The number of hydrogen-bond acceptors (Lipinski definition) is 4. The van der Waals surface area contributed by atoms with Crippen LogP contribution >= 0.6 is 0 Å². The van der Waals surface area contributed by atoms with E-state index in [1.54, 1.807) is 23.1 Å². The minimum atomic E-state index is -0.185. The number of hydrogen-bond donors (Lipinski definition) is 0. The van der Waals surface area contributed by atoms with E-state index in [9.17, 15) is 9.59 Å². The van der Waals surface area contributed by atoms with Gasteiger partial charge in [-0.1, -0.05) is 30.3 Å². The summed E-state index contributed by atoms with van der Waals surface area (Å²) in [6.07, 6.45) is 0.828. The molecule has 0 saturated carbocycles. The molecular formula is C21H21NO4. The molecule has 1 fully saturated rings. The van der Waals surface area contributed by atoms with Crippen LogP contribution in [-0.2, 0) is 4.79 Å². The van der Waals surface area contributed by atoms with Gasteiger partial charge in [-0.25, -0.2) is 0 Å². The van der Waals surface area contributed by atoms with Gasteiger partial charge in [-0.05, 0) is 30.2 Å². The Bertz CT molecular complexity index is 818. The predicted octanol–water partition coefficient (Wildman–Crippen LogP) is 3.05. The quantitative estimate of drug-likeness (QED) is 0.628. The first kappa shape index (κ1) is 16.6. The highest BCUT2D eigenvalue weighted by Crippen LogP contribution is 2.31. The van der Waals surface area contributed by atoms with Crippen LogP contribution in [0.1, 0.15) is 34.7 Å². The van der Waals surface area contributed by atoms with E-state index in [4.69, 9.17) is 9.47 Å². The van der Waals surface area contributed by atoms with Gasteiger partial charge in [-0.2, -0.15) is 0 Å². The third-order valence-corrected chi connectivity index (χ3v) is 4.99. The van der Waals surface area contributed by atoms with Crippen LogP contribution in [0.4, 0.5) is 0 Å². The molecule has 2 aliphatic heterocycles. The molecule has 0 bridgehead atoms. The first-order valence-electron chi connectivity index (χ1n) is 8.96. The van der Waals surface area contributed by atoms with Gasteiger partial charge in [0.2, 0.25) is 5.91 Å². The molecule has 134 valence electrons. The molecule has 0 N–H and O–H groups in total. The lowest BCUT2D eigenvalue weighted by Gasteiger charge is -2.19. The topological polar surface area (TPSA) is 55.8 Å². The summed E-state index contributed by atoms with van der Waals surface area (Å²) in [5.41, 5.74) is 1.74. The summed E-state index contributed by atoms with van der Waals surface area (Å²) < 4.78 is 11.0. The Labute approximate surface area is 152 Å². The van der Waals surface area contributed by atoms with Gasteiger partial charge in [0.1, 0.15) is 13.2 Å². The van der Waals surface area contributed by atoms with Crippen LogP contribution in [0.2, 0.25) is 0 Å². The van der Waals surface area contributed by atoms with Gasteiger partial charge in [0, 0.05) is 24.6 Å². The van der Waals surface area contributed by atoms with Crippen molar-refractivity contribution >= 4 is 11.7 Å². The number of fused-ring (bicyclic) bond motifs is 1. The van der Waals surface area contributed by atoms with Crippen LogP contribution < -0.4 is 9.47 Å². The Balaban J connectivity index is 1.38. The number of amides is 1. The smallest absolute Gasteiger partial charge is 0.230 e. The van der Waals surface area contributed by atoms with Gasteiger partial charge in [-0.3, -0.25) is 9.59 Å². The number of likely N-dealkylation sites (tertiary alicyclic amines) is 1. The minimum absolute atomic E-state index is 0.108. The summed E-state index contributed by atoms with van der Waals surface area (Å²) >= 11 is 0. The van der Waals surface area contributed by atoms with E-state index in [2.05, 4.69) is 12.1 Å². The molecule has 5 heteroatoms. The normalized spacial score (nSPS) is 18.6. The first-order chi connectivity index (χ1) is 12.7. The van der Waals surface area contributed by atoms with Crippen LogP contribution in [0.5, 0.6) is 11.5 Å². The van der Waals surface area contributed by atoms with E-state index in [0.29, 0.717) is 49.3 Å². The van der Waals surface area contributed by atoms with Gasteiger partial charge in [0.25, 0.3) is 0 Å². The summed E-state index contributed by atoms with van der Waals surface area (Å²) in [6, 6.07) is 15.3. The standard InChI is InChI=1S/C21H21NO4/c23-18(16-6-7-19-20(12-16)26-11-10-25-19)13-21(24)22-9-8-17(14-22)15-4-2-1-3-5-15/h1-7,12,17H,8-11,13-14H2. The molecule has 26 heavy (non-hydrogen) atoms. The molecule has 1 atom stereocenters. The summed E-state index contributed by atoms with van der Waals surface area (Å²) in [7, 11) is 0. The molecule has 2 heterocycles. The Morgan fingerprint density at radius 2 is 1.77 bits per heavy atom. The number of carbonyl (C=O) groups excluding carboxylic acids is 2. The minimum Gasteiger partial charge on any atom is -0.486 e. The number of benzene rings is 2. The van der Waals surface area contributed by atoms with E-state index < -0.39 is 0 Å². The van der Waals surface area contributed by atoms with Crippen molar-refractivity contribution in [1.29, 1.82) is 0 Å². The highest BCUT2D eigenvalue weighted by atomic mass is 16.6. The molecule has 2 aromatic carbocycles. The number of rotatable bonds is 4. The summed E-state index contributed by atoms with van der Waals surface area (Å²) in [5.74, 6) is 1.27. The van der Waals surface area contributed by atoms with Crippen LogP contribution in [0.3, 0.4) is 0 Å². The van der Waals surface area contributed by atoms with Crippen molar-refractivity contribution in [3.8, 4) is 11.5 Å². The molecule has 0 spiro atoms. The maximum Gasteiger partial charge on any atom is 0.230 e. The van der Waals surface area contributed by atoms with Crippen LogP contribution in [-0.4, -0.2) is 42.9 Å². The lowest BCUT2D eigenvalue weighted by molar-refractivity contribution is -0.129. The fraction of sp³-hybridized carbons (Fsp3) is 0.333. The van der Waals surface area contributed by atoms with E-state index in [-0.39, 0.29) is 18.1 Å². The Hall–Kier alpha value is -2.82. The molecule has 1 amide bonds. The Morgan fingerprint density at radius 1 is 1.00 bits per heavy atom. The van der Waals surface area contributed by atoms with Gasteiger partial charge in [0.05, 0.1) is 6.42 Å². The van der Waals surface area contributed by atoms with Gasteiger partial charge in [0.15, 0.2) is 17.3 Å². The van der Waals surface area contributed by atoms with Crippen LogP contribution in [0.25, 0.3) is 0 Å². The fourth-order valence-electron chi connectivity index (χ4n) is 3.55. The van der Waals surface area contributed by atoms with Crippen LogP contribution in [0.15, 0.2) is 48.5 Å². The van der Waals surface area contributed by atoms with Crippen molar-refractivity contribution in [3.05, 3.63) is 59.7 Å². The summed E-state index contributed by atoms with van der Waals surface area (Å²) in [5, 5.41) is 0. The largest absolute Gasteiger partial charge is 0.486 e. The molecule has 5 nitrogen and oxygen atoms in total.